The molecule has 0 bridgehead atoms. The Bertz CT molecular complexity index is 1150. The number of carboxylic acids is 1. The fourth-order valence-electron chi connectivity index (χ4n) is 3.97. The lowest BCUT2D eigenvalue weighted by molar-refractivity contribution is -0.137. The smallest absolute Gasteiger partial charge is 0.416 e. The minimum atomic E-state index is -4.69. The Kier molecular flexibility index (Phi) is 6.67. The van der Waals surface area contributed by atoms with Gasteiger partial charge in [0.15, 0.2) is 0 Å². The van der Waals surface area contributed by atoms with Gasteiger partial charge < -0.3 is 15.1 Å². The lowest BCUT2D eigenvalue weighted by Gasteiger charge is -2.31. The third-order valence-corrected chi connectivity index (χ3v) is 6.83. The van der Waals surface area contributed by atoms with E-state index >= 15 is 0 Å². The molecule has 0 atom stereocenters. The van der Waals surface area contributed by atoms with Crippen LogP contribution < -0.4 is 9.62 Å². The molecule has 0 radical (unpaired) electrons. The Morgan fingerprint density at radius 3 is 2.24 bits per heavy atom. The highest BCUT2D eigenvalue weighted by atomic mass is 32.2. The van der Waals surface area contributed by atoms with Gasteiger partial charge >= 0.3 is 12.1 Å². The van der Waals surface area contributed by atoms with Gasteiger partial charge in [0.2, 0.25) is 0 Å². The van der Waals surface area contributed by atoms with Crippen molar-refractivity contribution in [3.63, 3.8) is 0 Å². The summed E-state index contributed by atoms with van der Waals surface area (Å²) >= 11 is 0. The fourth-order valence-corrected chi connectivity index (χ4v) is 5.42. The van der Waals surface area contributed by atoms with Crippen molar-refractivity contribution >= 4 is 27.4 Å². The van der Waals surface area contributed by atoms with E-state index in [1.807, 2.05) is 4.90 Å². The van der Waals surface area contributed by atoms with Crippen molar-refractivity contribution in [1.29, 1.82) is 0 Å². The first kappa shape index (κ1) is 24.8. The highest BCUT2D eigenvalue weighted by molar-refractivity contribution is 7.92. The Hall–Kier alpha value is -2.79. The molecule has 1 saturated heterocycles. The molecule has 0 amide bonds. The summed E-state index contributed by atoms with van der Waals surface area (Å²) in [4.78, 5) is 12.9. The molecule has 33 heavy (non-hydrogen) atoms. The molecule has 0 spiro atoms. The van der Waals surface area contributed by atoms with Crippen LogP contribution in [0.1, 0.15) is 54.6 Å². The molecule has 2 aromatic rings. The fraction of sp³-hybridized carbons (Fsp3) is 0.409. The number of benzene rings is 2. The van der Waals surface area contributed by atoms with Crippen LogP contribution in [0.3, 0.4) is 0 Å². The van der Waals surface area contributed by atoms with Crippen molar-refractivity contribution in [2.45, 2.75) is 49.8 Å². The number of hydrogen-bond donors (Lipinski definition) is 3. The SMILES string of the molecule is CC(C)(O)c1c(C(=O)O)cccc1S(=O)(=O)Nc1cc(C(F)(F)F)ccc1N1CCCCC1. The van der Waals surface area contributed by atoms with Crippen molar-refractivity contribution in [1.82, 2.24) is 0 Å². The van der Waals surface area contributed by atoms with Crippen LogP contribution in [0.15, 0.2) is 41.3 Å². The molecular formula is C22H25F3N2O5S. The van der Waals surface area contributed by atoms with Gasteiger partial charge in [-0.1, -0.05) is 6.07 Å². The number of aliphatic hydroxyl groups is 1. The van der Waals surface area contributed by atoms with E-state index in [2.05, 4.69) is 4.72 Å². The molecule has 0 unspecified atom stereocenters. The van der Waals surface area contributed by atoms with Crippen LogP contribution in [0.2, 0.25) is 0 Å². The van der Waals surface area contributed by atoms with Crippen LogP contribution >= 0.6 is 0 Å². The molecule has 1 aliphatic rings. The normalized spacial score (nSPS) is 15.4. The summed E-state index contributed by atoms with van der Waals surface area (Å²) in [5.74, 6) is -1.45. The van der Waals surface area contributed by atoms with E-state index in [4.69, 9.17) is 0 Å². The molecule has 1 heterocycles. The summed E-state index contributed by atoms with van der Waals surface area (Å²) < 4.78 is 69.0. The number of aromatic carboxylic acids is 1. The third kappa shape index (κ3) is 5.41. The molecule has 0 aliphatic carbocycles. The second-order valence-corrected chi connectivity index (χ2v) is 10.1. The average Bonchev–Trinajstić information content (AvgIpc) is 2.72. The molecule has 3 N–H and O–H groups in total. The largest absolute Gasteiger partial charge is 0.478 e. The van der Waals surface area contributed by atoms with E-state index in [1.165, 1.54) is 26.0 Å². The molecule has 2 aromatic carbocycles. The lowest BCUT2D eigenvalue weighted by atomic mass is 9.93. The third-order valence-electron chi connectivity index (χ3n) is 5.42. The number of piperidine rings is 1. The van der Waals surface area contributed by atoms with Crippen LogP contribution in [0.4, 0.5) is 24.5 Å². The summed E-state index contributed by atoms with van der Waals surface area (Å²) in [5.41, 5.74) is -3.65. The van der Waals surface area contributed by atoms with E-state index in [-0.39, 0.29) is 11.3 Å². The second kappa shape index (κ2) is 8.86. The van der Waals surface area contributed by atoms with Crippen LogP contribution in [0.25, 0.3) is 0 Å². The molecule has 1 aliphatic heterocycles. The van der Waals surface area contributed by atoms with Gasteiger partial charge in [-0.25, -0.2) is 13.2 Å². The van der Waals surface area contributed by atoms with Crippen molar-refractivity contribution in [3.8, 4) is 0 Å². The van der Waals surface area contributed by atoms with E-state index in [0.717, 1.165) is 43.5 Å². The first-order chi connectivity index (χ1) is 15.2. The second-order valence-electron chi connectivity index (χ2n) is 8.43. The minimum Gasteiger partial charge on any atom is -0.478 e. The van der Waals surface area contributed by atoms with E-state index < -0.39 is 43.8 Å². The van der Waals surface area contributed by atoms with Crippen LogP contribution in [-0.2, 0) is 21.8 Å². The molecule has 11 heteroatoms. The lowest BCUT2D eigenvalue weighted by Crippen LogP contribution is -2.31. The number of carbonyl (C=O) groups is 1. The number of halogens is 3. The van der Waals surface area contributed by atoms with Gasteiger partial charge in [0, 0.05) is 18.7 Å². The maximum atomic E-state index is 13.4. The number of carboxylic acid groups (broad SMARTS) is 1. The summed E-state index contributed by atoms with van der Waals surface area (Å²) in [6.45, 7) is 3.58. The van der Waals surface area contributed by atoms with Crippen molar-refractivity contribution in [3.05, 3.63) is 53.1 Å². The van der Waals surface area contributed by atoms with E-state index in [1.54, 1.807) is 0 Å². The molecular weight excluding hydrogens is 461 g/mol. The summed E-state index contributed by atoms with van der Waals surface area (Å²) in [6.07, 6.45) is -2.09. The van der Waals surface area contributed by atoms with Crippen molar-refractivity contribution in [2.24, 2.45) is 0 Å². The number of nitrogens with zero attached hydrogens (tertiary/aromatic N) is 1. The summed E-state index contributed by atoms with van der Waals surface area (Å²) in [5, 5.41) is 20.0. The molecule has 3 rings (SSSR count). The average molecular weight is 487 g/mol. The number of anilines is 2. The predicted octanol–water partition coefficient (Wildman–Crippen LogP) is 4.42. The predicted molar refractivity (Wildman–Crippen MR) is 117 cm³/mol. The Morgan fingerprint density at radius 1 is 1.06 bits per heavy atom. The first-order valence-corrected chi connectivity index (χ1v) is 11.8. The van der Waals surface area contributed by atoms with Gasteiger partial charge in [0.05, 0.1) is 33.0 Å². The molecule has 180 valence electrons. The van der Waals surface area contributed by atoms with Gasteiger partial charge in [-0.15, -0.1) is 0 Å². The molecule has 7 nitrogen and oxygen atoms in total. The maximum Gasteiger partial charge on any atom is 0.416 e. The summed E-state index contributed by atoms with van der Waals surface area (Å²) in [6, 6.07) is 6.32. The monoisotopic (exact) mass is 486 g/mol. The number of alkyl halides is 3. The van der Waals surface area contributed by atoms with Gasteiger partial charge in [0.1, 0.15) is 0 Å². The van der Waals surface area contributed by atoms with Gasteiger partial charge in [-0.05, 0) is 63.4 Å². The van der Waals surface area contributed by atoms with Gasteiger partial charge in [-0.2, -0.15) is 13.2 Å². The maximum absolute atomic E-state index is 13.4. The van der Waals surface area contributed by atoms with E-state index in [0.29, 0.717) is 18.8 Å². The van der Waals surface area contributed by atoms with Crippen LogP contribution in [0.5, 0.6) is 0 Å². The standard InChI is InChI=1S/C22H25F3N2O5S/c1-21(2,30)19-15(20(28)29)7-6-8-18(19)33(31,32)26-16-13-14(22(23,24)25)9-10-17(16)27-11-4-3-5-12-27/h6-10,13,26,30H,3-5,11-12H2,1-2H3,(H,28,29). The molecule has 1 fully saturated rings. The van der Waals surface area contributed by atoms with Gasteiger partial charge in [0.25, 0.3) is 10.0 Å². The number of nitrogens with one attached hydrogen (secondary N) is 1. The zero-order valence-corrected chi connectivity index (χ0v) is 18.9. The molecule has 0 saturated carbocycles. The van der Waals surface area contributed by atoms with Crippen LogP contribution in [0, 0.1) is 0 Å². The van der Waals surface area contributed by atoms with Gasteiger partial charge in [-0.3, -0.25) is 4.72 Å². The van der Waals surface area contributed by atoms with E-state index in [9.17, 15) is 36.6 Å². The Morgan fingerprint density at radius 2 is 1.70 bits per heavy atom. The first-order valence-electron chi connectivity index (χ1n) is 10.3. The van der Waals surface area contributed by atoms with Crippen molar-refractivity contribution in [2.75, 3.05) is 22.7 Å². The zero-order chi connectivity index (χ0) is 24.6. The van der Waals surface area contributed by atoms with Crippen LogP contribution in [-0.4, -0.2) is 37.7 Å². The molecule has 0 aromatic heterocycles. The quantitative estimate of drug-likeness (QED) is 0.558. The summed E-state index contributed by atoms with van der Waals surface area (Å²) in [7, 11) is -4.57. The number of rotatable bonds is 6. The number of sulfonamides is 1. The Labute approximate surface area is 189 Å². The minimum absolute atomic E-state index is 0.269. The van der Waals surface area contributed by atoms with Crippen molar-refractivity contribution < 1.29 is 36.6 Å². The zero-order valence-electron chi connectivity index (χ0n) is 18.1. The highest BCUT2D eigenvalue weighted by Crippen LogP contribution is 2.38. The topological polar surface area (TPSA) is 107 Å². The Balaban J connectivity index is 2.16. The highest BCUT2D eigenvalue weighted by Gasteiger charge is 2.35. The number of hydrogen-bond acceptors (Lipinski definition) is 5.